The average Bonchev–Trinajstić information content (AvgIpc) is 3.25. The number of anilines is 2. The maximum atomic E-state index is 9.57. The summed E-state index contributed by atoms with van der Waals surface area (Å²) in [5.41, 5.74) is 10.9. The van der Waals surface area contributed by atoms with Gasteiger partial charge in [-0.3, -0.25) is 9.88 Å². The maximum absolute atomic E-state index is 9.57. The van der Waals surface area contributed by atoms with Gasteiger partial charge in [-0.1, -0.05) is 6.07 Å². The number of nitriles is 1. The van der Waals surface area contributed by atoms with Gasteiger partial charge in [-0.05, 0) is 49.3 Å². The Balaban J connectivity index is 1.04. The Morgan fingerprint density at radius 3 is 2.74 bits per heavy atom. The van der Waals surface area contributed by atoms with Crippen LogP contribution in [-0.2, 0) is 21.7 Å². The van der Waals surface area contributed by atoms with Crippen LogP contribution in [0.2, 0.25) is 0 Å². The quantitative estimate of drug-likeness (QED) is 0.507. The Bertz CT molecular complexity index is 1490. The van der Waals surface area contributed by atoms with Gasteiger partial charge in [0.1, 0.15) is 25.3 Å². The number of nitrogens with two attached hydrogens (primary N) is 1. The van der Waals surface area contributed by atoms with Crippen LogP contribution in [0.15, 0.2) is 36.5 Å². The fourth-order valence-electron chi connectivity index (χ4n) is 6.75. The van der Waals surface area contributed by atoms with Crippen LogP contribution in [0.4, 0.5) is 11.5 Å². The van der Waals surface area contributed by atoms with Crippen molar-refractivity contribution in [3.05, 3.63) is 53.2 Å². The molecule has 7 rings (SSSR count). The lowest BCUT2D eigenvalue weighted by Gasteiger charge is -2.50. The number of ether oxygens (including phenoxy) is 2. The molecule has 2 N–H and O–H groups in total. The fourth-order valence-corrected chi connectivity index (χ4v) is 6.75. The standard InChI is InChI=1S/C29H32BN7O2/c1-18-10-36(24-5-3-19(8-31)27-22(24)4-6-25(30)34-27)12-21(39-18)11-35-16-29(17-35)23-9-33-26(7-20(23)13-38-29)37-14-28(2,32)15-37/h3-7,9,18,21H,10-17,32H2,1-2H3/t18-,21+/m1/s1. The van der Waals surface area contributed by atoms with Gasteiger partial charge in [0.25, 0.3) is 0 Å². The van der Waals surface area contributed by atoms with E-state index in [4.69, 9.17) is 28.0 Å². The minimum atomic E-state index is -0.271. The molecule has 1 spiro atoms. The average molecular weight is 521 g/mol. The molecule has 6 heterocycles. The van der Waals surface area contributed by atoms with Gasteiger partial charge in [0.2, 0.25) is 0 Å². The van der Waals surface area contributed by atoms with Gasteiger partial charge in [-0.25, -0.2) is 4.98 Å². The molecule has 4 aliphatic heterocycles. The second kappa shape index (κ2) is 8.90. The lowest BCUT2D eigenvalue weighted by atomic mass is 9.86. The van der Waals surface area contributed by atoms with E-state index in [2.05, 4.69) is 45.7 Å². The van der Waals surface area contributed by atoms with E-state index in [0.29, 0.717) is 23.3 Å². The Hall–Kier alpha value is -3.23. The van der Waals surface area contributed by atoms with E-state index < -0.39 is 0 Å². The first-order chi connectivity index (χ1) is 18.7. The first-order valence-electron chi connectivity index (χ1n) is 13.6. The van der Waals surface area contributed by atoms with Gasteiger partial charge in [-0.15, -0.1) is 0 Å². The number of rotatable bonds is 4. The zero-order chi connectivity index (χ0) is 26.9. The molecule has 3 fully saturated rings. The van der Waals surface area contributed by atoms with Crippen LogP contribution in [0.25, 0.3) is 10.9 Å². The van der Waals surface area contributed by atoms with Crippen LogP contribution in [0, 0.1) is 11.3 Å². The first kappa shape index (κ1) is 24.8. The summed E-state index contributed by atoms with van der Waals surface area (Å²) in [5, 5.41) is 10.5. The minimum Gasteiger partial charge on any atom is -0.370 e. The molecule has 198 valence electrons. The number of hydrogen-bond donors (Lipinski definition) is 1. The number of pyridine rings is 2. The SMILES string of the molecule is [B]c1ccc2c(N3C[C@H](CN4CC5(C4)OCc4cc(N6CC(C)(N)C6)ncc45)O[C@H](C)C3)ccc(C#N)c2n1. The molecule has 9 nitrogen and oxygen atoms in total. The van der Waals surface area contributed by atoms with Crippen LogP contribution in [0.3, 0.4) is 0 Å². The van der Waals surface area contributed by atoms with Crippen LogP contribution in [0.5, 0.6) is 0 Å². The van der Waals surface area contributed by atoms with Crippen molar-refractivity contribution in [2.24, 2.45) is 5.73 Å². The third-order valence-corrected chi connectivity index (χ3v) is 8.46. The molecule has 3 saturated heterocycles. The molecule has 2 aromatic heterocycles. The van der Waals surface area contributed by atoms with E-state index in [9.17, 15) is 5.26 Å². The number of hydrogen-bond acceptors (Lipinski definition) is 9. The smallest absolute Gasteiger partial charge is 0.141 e. The summed E-state index contributed by atoms with van der Waals surface area (Å²) < 4.78 is 12.7. The molecule has 0 amide bonds. The van der Waals surface area contributed by atoms with Crippen molar-refractivity contribution in [1.82, 2.24) is 14.9 Å². The second-order valence-corrected chi connectivity index (χ2v) is 12.0. The van der Waals surface area contributed by atoms with Gasteiger partial charge in [0.15, 0.2) is 0 Å². The number of benzene rings is 1. The summed E-state index contributed by atoms with van der Waals surface area (Å²) in [6, 6.07) is 12.0. The minimum absolute atomic E-state index is 0.0527. The third kappa shape index (κ3) is 4.25. The molecule has 0 saturated carbocycles. The molecule has 2 atom stereocenters. The lowest BCUT2D eigenvalue weighted by Crippen LogP contribution is -2.65. The maximum Gasteiger partial charge on any atom is 0.141 e. The Kier molecular flexibility index (Phi) is 5.66. The molecule has 0 bridgehead atoms. The number of aromatic nitrogens is 2. The summed E-state index contributed by atoms with van der Waals surface area (Å²) in [5.74, 6) is 0.992. The normalized spacial score (nSPS) is 25.3. The van der Waals surface area contributed by atoms with E-state index in [1.54, 1.807) is 6.07 Å². The molecule has 10 heteroatoms. The van der Waals surface area contributed by atoms with E-state index in [-0.39, 0.29) is 23.3 Å². The van der Waals surface area contributed by atoms with E-state index >= 15 is 0 Å². The predicted octanol–water partition coefficient (Wildman–Crippen LogP) is 1.17. The fraction of sp³-hybridized carbons (Fsp3) is 0.483. The zero-order valence-corrected chi connectivity index (χ0v) is 22.4. The molecular formula is C29H32BN7O2. The summed E-state index contributed by atoms with van der Waals surface area (Å²) in [4.78, 5) is 16.2. The van der Waals surface area contributed by atoms with Crippen molar-refractivity contribution < 1.29 is 9.47 Å². The van der Waals surface area contributed by atoms with Crippen molar-refractivity contribution in [2.45, 2.75) is 43.8 Å². The number of morpholine rings is 1. The predicted molar refractivity (Wildman–Crippen MR) is 150 cm³/mol. The molecule has 1 aromatic carbocycles. The number of fused-ring (bicyclic) bond motifs is 3. The van der Waals surface area contributed by atoms with Gasteiger partial charge in [0.05, 0.1) is 29.9 Å². The highest BCUT2D eigenvalue weighted by Gasteiger charge is 2.51. The largest absolute Gasteiger partial charge is 0.370 e. The lowest BCUT2D eigenvalue weighted by molar-refractivity contribution is -0.155. The highest BCUT2D eigenvalue weighted by molar-refractivity contribution is 6.31. The van der Waals surface area contributed by atoms with Gasteiger partial charge < -0.3 is 25.0 Å². The van der Waals surface area contributed by atoms with Crippen molar-refractivity contribution in [2.75, 3.05) is 55.6 Å². The highest BCUT2D eigenvalue weighted by Crippen LogP contribution is 2.44. The summed E-state index contributed by atoms with van der Waals surface area (Å²) in [6.07, 6.45) is 2.14. The van der Waals surface area contributed by atoms with Crippen LogP contribution in [-0.4, -0.2) is 86.3 Å². The molecule has 2 radical (unpaired) electrons. The Morgan fingerprint density at radius 1 is 1.15 bits per heavy atom. The second-order valence-electron chi connectivity index (χ2n) is 12.0. The first-order valence-corrected chi connectivity index (χ1v) is 13.6. The Morgan fingerprint density at radius 2 is 1.97 bits per heavy atom. The molecule has 0 aliphatic carbocycles. The molecular weight excluding hydrogens is 489 g/mol. The topological polar surface area (TPSA) is 104 Å². The number of likely N-dealkylation sites (tertiary alicyclic amines) is 1. The van der Waals surface area contributed by atoms with Crippen molar-refractivity contribution >= 4 is 35.8 Å². The van der Waals surface area contributed by atoms with Gasteiger partial charge in [0, 0.05) is 74.2 Å². The van der Waals surface area contributed by atoms with E-state index in [1.807, 2.05) is 24.4 Å². The highest BCUT2D eigenvalue weighted by atomic mass is 16.5. The third-order valence-electron chi connectivity index (χ3n) is 8.46. The Labute approximate surface area is 229 Å². The molecule has 39 heavy (non-hydrogen) atoms. The summed E-state index contributed by atoms with van der Waals surface area (Å²) in [6.45, 7) is 10.5. The zero-order valence-electron chi connectivity index (χ0n) is 22.4. The van der Waals surface area contributed by atoms with Gasteiger partial charge >= 0.3 is 0 Å². The van der Waals surface area contributed by atoms with Crippen molar-refractivity contribution in [3.8, 4) is 6.07 Å². The van der Waals surface area contributed by atoms with Crippen molar-refractivity contribution in [1.29, 1.82) is 5.26 Å². The molecule has 0 unspecified atom stereocenters. The van der Waals surface area contributed by atoms with Crippen LogP contribution >= 0.6 is 0 Å². The summed E-state index contributed by atoms with van der Waals surface area (Å²) >= 11 is 0. The summed E-state index contributed by atoms with van der Waals surface area (Å²) in [7, 11) is 5.93. The number of nitrogens with zero attached hydrogens (tertiary/aromatic N) is 6. The van der Waals surface area contributed by atoms with Crippen molar-refractivity contribution in [3.63, 3.8) is 0 Å². The molecule has 4 aliphatic rings. The van der Waals surface area contributed by atoms with Crippen LogP contribution < -0.4 is 21.1 Å². The van der Waals surface area contributed by atoms with Gasteiger partial charge in [-0.2, -0.15) is 5.26 Å². The van der Waals surface area contributed by atoms with E-state index in [0.717, 1.165) is 62.7 Å². The molecule has 3 aromatic rings. The van der Waals surface area contributed by atoms with E-state index in [1.165, 1.54) is 11.1 Å². The van der Waals surface area contributed by atoms with Crippen LogP contribution in [0.1, 0.15) is 30.5 Å². The monoisotopic (exact) mass is 521 g/mol.